The molecule has 39 heteroatoms. The van der Waals surface area contributed by atoms with Gasteiger partial charge in [0, 0.05) is 60.0 Å². The van der Waals surface area contributed by atoms with Crippen molar-refractivity contribution in [3.63, 3.8) is 0 Å². The van der Waals surface area contributed by atoms with Crippen molar-refractivity contribution in [1.82, 2.24) is 78.7 Å². The number of unbranched alkanes of at least 4 members (excludes halogenated alkanes) is 1. The van der Waals surface area contributed by atoms with Crippen molar-refractivity contribution in [2.24, 2.45) is 35.1 Å². The quantitative estimate of drug-likeness (QED) is 0.0221. The summed E-state index contributed by atoms with van der Waals surface area (Å²) in [5.74, 6) is -19.1. The second-order valence-corrected chi connectivity index (χ2v) is 33.1. The van der Waals surface area contributed by atoms with Crippen LogP contribution in [0.15, 0.2) is 85.2 Å². The van der Waals surface area contributed by atoms with Gasteiger partial charge >= 0.3 is 17.9 Å². The molecule has 2 aromatic heterocycles. The number of nitrogens with one attached hydrogen (secondary N) is 14. The normalized spacial score (nSPS) is 16.6. The van der Waals surface area contributed by atoms with E-state index in [9.17, 15) is 107 Å². The summed E-state index contributed by atoms with van der Waals surface area (Å²) in [4.78, 5) is 232. The Bertz CT molecular complexity index is 4550. The molecule has 0 radical (unpaired) electrons. The molecule has 13 amide bonds. The van der Waals surface area contributed by atoms with Crippen molar-refractivity contribution in [1.29, 1.82) is 0 Å². The molecule has 24 N–H and O–H groups in total. The molecule has 1 saturated heterocycles. The van der Waals surface area contributed by atoms with Crippen LogP contribution in [-0.2, 0) is 96.0 Å². The average molecular weight is 1740 g/mol. The molecule has 1 fully saturated rings. The predicted octanol–water partition coefficient (Wildman–Crippen LogP) is -0.353. The third kappa shape index (κ3) is 30.4. The smallest absolute Gasteiger partial charge is 0.326 e. The molecule has 3 aromatic carbocycles. The van der Waals surface area contributed by atoms with Crippen molar-refractivity contribution in [2.75, 3.05) is 13.1 Å². The number of hydrogen-bond acceptors (Lipinski definition) is 21. The molecule has 680 valence electrons. The van der Waals surface area contributed by atoms with E-state index in [4.69, 9.17) is 11.5 Å². The Kier molecular flexibility index (Phi) is 39.1. The van der Waals surface area contributed by atoms with Gasteiger partial charge in [0.25, 0.3) is 0 Å². The van der Waals surface area contributed by atoms with Crippen LogP contribution in [0.25, 0.3) is 21.8 Å². The molecule has 124 heavy (non-hydrogen) atoms. The number of aliphatic hydroxyl groups excluding tert-OH is 2. The number of hydrogen-bond donors (Lipinski definition) is 22. The fraction of sp³-hybridized carbons (Fsp3) is 0.553. The molecule has 0 bridgehead atoms. The van der Waals surface area contributed by atoms with Crippen LogP contribution in [0.2, 0.25) is 0 Å². The zero-order valence-electron chi connectivity index (χ0n) is 71.8. The van der Waals surface area contributed by atoms with Gasteiger partial charge in [-0.05, 0) is 143 Å². The lowest BCUT2D eigenvalue weighted by molar-refractivity contribution is -0.148. The SMILES string of the molecule is CC[C@H](C)[C@H](NC(=O)[C@H](C)N)C(=O)N[C@@H](Cc1c[nH]c2ccccc12)C(=O)N[C@@H](Cc1ccc(O)cc1)C(=O)N[C@@H](CC(=O)O)C(=O)N1CCC[C@H]1C(=O)N[C@@H](CC(C)C)C(=O)N[C@H](C(=O)N[C@@H](CCCCN)C(=O)N[C@@H](CC(C)C)C(=O)N[C@@H](Cc1c[nH]c2ccccc12)C(=O)N[C@@H](CC(C)C)C(=O)N[C@H](C(=O)N[C@@H](CC(=O)O)C(=O)O)[C@@H](C)O)[C@@H](C)O. The summed E-state index contributed by atoms with van der Waals surface area (Å²) < 4.78 is 0. The lowest BCUT2D eigenvalue weighted by Crippen LogP contribution is -2.62. The highest BCUT2D eigenvalue weighted by Gasteiger charge is 2.44. The van der Waals surface area contributed by atoms with Crippen molar-refractivity contribution < 1.29 is 107 Å². The van der Waals surface area contributed by atoms with Gasteiger partial charge in [-0.1, -0.05) is 110 Å². The first-order chi connectivity index (χ1) is 58.5. The molecule has 6 rings (SSSR count). The summed E-state index contributed by atoms with van der Waals surface area (Å²) in [6.45, 7) is 17.5. The molecular weight excluding hydrogens is 1610 g/mol. The zero-order valence-corrected chi connectivity index (χ0v) is 71.8. The van der Waals surface area contributed by atoms with Crippen LogP contribution in [-0.4, -0.2) is 250 Å². The van der Waals surface area contributed by atoms with E-state index < -0.39 is 210 Å². The number of carboxylic acids is 3. The van der Waals surface area contributed by atoms with Crippen molar-refractivity contribution in [3.8, 4) is 5.75 Å². The van der Waals surface area contributed by atoms with E-state index in [0.29, 0.717) is 51.3 Å². The number of carboxylic acid groups (broad SMARTS) is 3. The van der Waals surface area contributed by atoms with Crippen molar-refractivity contribution >= 4 is 117 Å². The van der Waals surface area contributed by atoms with E-state index in [2.05, 4.69) is 68.5 Å². The maximum Gasteiger partial charge on any atom is 0.326 e. The maximum absolute atomic E-state index is 14.9. The van der Waals surface area contributed by atoms with Gasteiger partial charge in [0.1, 0.15) is 84.3 Å². The molecule has 1 aliphatic heterocycles. The van der Waals surface area contributed by atoms with Gasteiger partial charge in [0.05, 0.1) is 31.1 Å². The maximum atomic E-state index is 14.9. The average Bonchev–Trinajstić information content (AvgIpc) is 1.64. The fourth-order valence-corrected chi connectivity index (χ4v) is 14.4. The molecular formula is C85H123N17O22. The van der Waals surface area contributed by atoms with Gasteiger partial charge in [-0.25, -0.2) is 4.79 Å². The Hall–Kier alpha value is -12.1. The summed E-state index contributed by atoms with van der Waals surface area (Å²) in [5, 5.41) is 93.5. The Labute approximate surface area is 718 Å². The molecule has 0 aliphatic carbocycles. The molecule has 3 heterocycles. The summed E-state index contributed by atoms with van der Waals surface area (Å²) in [6, 6.07) is -2.13. The highest BCUT2D eigenvalue weighted by Crippen LogP contribution is 2.25. The first kappa shape index (κ1) is 101. The summed E-state index contributed by atoms with van der Waals surface area (Å²) >= 11 is 0. The Morgan fingerprint density at radius 2 is 0.823 bits per heavy atom. The van der Waals surface area contributed by atoms with E-state index in [1.807, 2.05) is 5.32 Å². The standard InChI is InChI=1S/C85H123N17O22/c1-12-45(8)69(99-72(110)46(9)87)81(119)96-63(37-51-41-89-56-23-16-14-21-54(51)56)77(115)93-61(35-49-26-28-52(105)29-27-49)75(113)97-64(38-67(106)107)84(122)102-31-19-25-66(102)80(118)95-60(34-44(6)7)79(117)100-70(47(10)103)82(120)90-57(24-17-18-30-86)73(111)91-58(32-42(2)3)74(112)94-62(36-50-40-88-55-22-15-13-20-53(50)55)76(114)92-59(33-43(4)5)78(116)101-71(48(11)104)83(121)98-65(85(123)124)39-68(108)109/h13-16,20-23,26-29,40-48,57-66,69-71,88-89,103-105H,12,17-19,24-25,30-39,86-87H2,1-11H3,(H,90,120)(H,91,111)(H,92,114)(H,93,115)(H,94,112)(H,95,118)(H,96,119)(H,97,113)(H,98,121)(H,99,110)(H,100,117)(H,101,116)(H,106,107)(H,108,109)(H,123,124)/t45-,46-,47+,48+,57-,58-,59-,60-,61-,62-,63-,64-,65-,66-,69-,70-,71-/m0/s1. The number of carbonyl (C=O) groups is 16. The number of rotatable bonds is 50. The van der Waals surface area contributed by atoms with Gasteiger partial charge in [-0.15, -0.1) is 0 Å². The van der Waals surface area contributed by atoms with E-state index in [-0.39, 0.29) is 101 Å². The molecule has 0 saturated carbocycles. The van der Waals surface area contributed by atoms with E-state index in [0.717, 1.165) is 11.8 Å². The first-order valence-corrected chi connectivity index (χ1v) is 41.8. The first-order valence-electron chi connectivity index (χ1n) is 41.8. The van der Waals surface area contributed by atoms with E-state index >= 15 is 0 Å². The van der Waals surface area contributed by atoms with Gasteiger partial charge in [-0.2, -0.15) is 0 Å². The number of amides is 13. The lowest BCUT2D eigenvalue weighted by Gasteiger charge is -2.31. The molecule has 0 spiro atoms. The highest BCUT2D eigenvalue weighted by atomic mass is 16.4. The van der Waals surface area contributed by atoms with Crippen LogP contribution in [0.3, 0.4) is 0 Å². The number of aliphatic hydroxyl groups is 2. The minimum Gasteiger partial charge on any atom is -0.508 e. The number of benzene rings is 3. The second-order valence-electron chi connectivity index (χ2n) is 33.1. The van der Waals surface area contributed by atoms with Gasteiger partial charge in [0.15, 0.2) is 0 Å². The van der Waals surface area contributed by atoms with Gasteiger partial charge in [0.2, 0.25) is 76.8 Å². The van der Waals surface area contributed by atoms with Crippen LogP contribution in [0.5, 0.6) is 5.75 Å². The van der Waals surface area contributed by atoms with Crippen LogP contribution < -0.4 is 75.3 Å². The van der Waals surface area contributed by atoms with Crippen molar-refractivity contribution in [3.05, 3.63) is 102 Å². The van der Waals surface area contributed by atoms with Crippen molar-refractivity contribution in [2.45, 2.75) is 263 Å². The summed E-state index contributed by atoms with van der Waals surface area (Å²) in [7, 11) is 0. The van der Waals surface area contributed by atoms with E-state index in [1.165, 1.54) is 38.1 Å². The Morgan fingerprint density at radius 3 is 1.26 bits per heavy atom. The predicted molar refractivity (Wildman–Crippen MR) is 454 cm³/mol. The number of nitrogens with two attached hydrogens (primary N) is 2. The number of phenolic OH excluding ortho intramolecular Hbond substituents is 1. The van der Waals surface area contributed by atoms with Crippen LogP contribution >= 0.6 is 0 Å². The number of phenols is 1. The second kappa shape index (κ2) is 48.1. The largest absolute Gasteiger partial charge is 0.508 e. The number of nitrogens with zero attached hydrogens (tertiary/aromatic N) is 1. The number of fused-ring (bicyclic) bond motifs is 2. The van der Waals surface area contributed by atoms with Crippen LogP contribution in [0, 0.1) is 23.7 Å². The topological polar surface area (TPSA) is 626 Å². The minimum atomic E-state index is -1.96. The third-order valence-electron chi connectivity index (χ3n) is 21.2. The highest BCUT2D eigenvalue weighted by molar-refractivity contribution is 6.02. The lowest BCUT2D eigenvalue weighted by atomic mass is 9.96. The number of likely N-dealkylation sites (tertiary alicyclic amines) is 1. The number of H-pyrrole nitrogens is 2. The minimum absolute atomic E-state index is 0.0399. The van der Waals surface area contributed by atoms with Crippen LogP contribution in [0.1, 0.15) is 163 Å². The Balaban J connectivity index is 1.22. The third-order valence-corrected chi connectivity index (χ3v) is 21.2. The Morgan fingerprint density at radius 1 is 0.444 bits per heavy atom. The molecule has 0 unspecified atom stereocenters. The molecule has 1 aliphatic rings. The number of para-hydroxylation sites is 2. The molecule has 17 atom stereocenters. The number of aliphatic carboxylic acids is 3. The monoisotopic (exact) mass is 1730 g/mol. The van der Waals surface area contributed by atoms with Gasteiger partial charge < -0.3 is 121 Å². The van der Waals surface area contributed by atoms with Gasteiger partial charge in [-0.3, -0.25) is 71.9 Å². The zero-order chi connectivity index (χ0) is 92.1. The number of aromatic amines is 2. The molecule has 39 nitrogen and oxygen atoms in total. The van der Waals surface area contributed by atoms with E-state index in [1.54, 1.807) is 116 Å². The fourth-order valence-electron chi connectivity index (χ4n) is 14.4. The number of carbonyl (C=O) groups excluding carboxylic acids is 13. The number of aromatic hydroxyl groups is 1. The van der Waals surface area contributed by atoms with Crippen LogP contribution in [0.4, 0.5) is 0 Å². The number of aromatic nitrogens is 2. The molecule has 5 aromatic rings. The summed E-state index contributed by atoms with van der Waals surface area (Å²) in [6.07, 6.45) is -2.36. The summed E-state index contributed by atoms with van der Waals surface area (Å²) in [5.41, 5.74) is 14.6.